The lowest BCUT2D eigenvalue weighted by atomic mass is 9.80. The summed E-state index contributed by atoms with van der Waals surface area (Å²) in [6.45, 7) is 5.64. The smallest absolute Gasteiger partial charge is 0.212 e. The molecule has 0 spiro atoms. The second-order valence-electron chi connectivity index (χ2n) is 6.09. The molecule has 0 aromatic heterocycles. The van der Waals surface area contributed by atoms with Crippen molar-refractivity contribution in [3.05, 3.63) is 12.2 Å². The monoisotopic (exact) mass is 260 g/mol. The highest BCUT2D eigenvalue weighted by Gasteiger charge is 2.52. The summed E-state index contributed by atoms with van der Waals surface area (Å²) in [6.07, 6.45) is 5.12. The van der Waals surface area contributed by atoms with Crippen molar-refractivity contribution in [2.45, 2.75) is 57.5 Å². The zero-order chi connectivity index (χ0) is 13.3. The van der Waals surface area contributed by atoms with E-state index in [1.165, 1.54) is 6.08 Å². The molecule has 0 radical (unpaired) electrons. The van der Waals surface area contributed by atoms with E-state index in [2.05, 4.69) is 0 Å². The summed E-state index contributed by atoms with van der Waals surface area (Å²) < 4.78 is 14.6. The number of hydrogen-bond donors (Lipinski definition) is 1. The highest BCUT2D eigenvalue weighted by molar-refractivity contribution is 7.20. The first kappa shape index (κ1) is 14.8. The summed E-state index contributed by atoms with van der Waals surface area (Å²) in [5, 5.41) is 7.98. The van der Waals surface area contributed by atoms with E-state index in [1.807, 2.05) is 30.0 Å². The molecule has 3 atom stereocenters. The predicted octanol–water partition coefficient (Wildman–Crippen LogP) is 3.00. The van der Waals surface area contributed by atoms with Crippen molar-refractivity contribution in [3.8, 4) is 0 Å². The first-order chi connectivity index (χ1) is 7.58. The van der Waals surface area contributed by atoms with Crippen LogP contribution < -0.4 is 0 Å². The van der Waals surface area contributed by atoms with Gasteiger partial charge >= 0.3 is 0 Å². The molecule has 0 amide bonds. The van der Waals surface area contributed by atoms with Gasteiger partial charge < -0.3 is 5.11 Å². The van der Waals surface area contributed by atoms with Crippen molar-refractivity contribution in [2.75, 3.05) is 0 Å². The summed E-state index contributed by atoms with van der Waals surface area (Å²) in [5.41, 5.74) is -1.95. The molecule has 4 heteroatoms. The van der Waals surface area contributed by atoms with Crippen LogP contribution in [-0.4, -0.2) is 21.9 Å². The van der Waals surface area contributed by atoms with Crippen molar-refractivity contribution in [2.24, 2.45) is 5.41 Å². The lowest BCUT2D eigenvalue weighted by Crippen LogP contribution is -2.52. The molecule has 3 unspecified atom stereocenters. The number of aliphatic hydroxyl groups is 1. The van der Waals surface area contributed by atoms with E-state index in [4.69, 9.17) is 0 Å². The molecule has 1 N–H and O–H groups in total. The van der Waals surface area contributed by atoms with Gasteiger partial charge in [0.2, 0.25) is 5.41 Å². The highest BCUT2D eigenvalue weighted by atomic mass is 31.0. The van der Waals surface area contributed by atoms with Crippen LogP contribution in [0.2, 0.25) is 0 Å². The van der Waals surface area contributed by atoms with Crippen LogP contribution in [0.15, 0.2) is 12.2 Å². The van der Waals surface area contributed by atoms with E-state index in [0.717, 1.165) is 6.42 Å². The second kappa shape index (κ2) is 4.78. The zero-order valence-electron chi connectivity index (χ0n) is 10.8. The molecule has 0 fully saturated rings. The third-order valence-electron chi connectivity index (χ3n) is 3.05. The average molecular weight is 260 g/mol. The van der Waals surface area contributed by atoms with Gasteiger partial charge in [-0.3, -0.25) is 4.79 Å². The van der Waals surface area contributed by atoms with E-state index >= 15 is 0 Å². The molecule has 1 aliphatic rings. The topological polar surface area (TPSA) is 37.3 Å². The Kier molecular flexibility index (Phi) is 4.16. The maximum absolute atomic E-state index is 14.6. The Labute approximate surface area is 105 Å². The fraction of sp³-hybridized carbons (Fsp3) is 0.769. The average Bonchev–Trinajstić information content (AvgIpc) is 2.15. The van der Waals surface area contributed by atoms with Gasteiger partial charge in [-0.25, -0.2) is 4.39 Å². The van der Waals surface area contributed by atoms with E-state index in [-0.39, 0.29) is 11.8 Å². The maximum Gasteiger partial charge on any atom is 0.212 e. The number of carbonyl (C=O) groups excluding carboxylic acids is 1. The maximum atomic E-state index is 14.6. The Morgan fingerprint density at radius 3 is 2.53 bits per heavy atom. The van der Waals surface area contributed by atoms with E-state index in [0.29, 0.717) is 12.8 Å². The first-order valence-electron chi connectivity index (χ1n) is 6.00. The van der Waals surface area contributed by atoms with E-state index in [1.54, 1.807) is 6.08 Å². The molecule has 0 saturated carbocycles. The van der Waals surface area contributed by atoms with Gasteiger partial charge in [0.15, 0.2) is 5.78 Å². The molecule has 0 aromatic carbocycles. The number of hydrogen-bond acceptors (Lipinski definition) is 2. The third-order valence-corrected chi connectivity index (χ3v) is 3.87. The van der Waals surface area contributed by atoms with Gasteiger partial charge in [-0.2, -0.15) is 0 Å². The van der Waals surface area contributed by atoms with Gasteiger partial charge in [0.25, 0.3) is 0 Å². The van der Waals surface area contributed by atoms with Crippen LogP contribution in [0.25, 0.3) is 0 Å². The first-order valence-corrected chi connectivity index (χ1v) is 6.57. The Morgan fingerprint density at radius 2 is 2.12 bits per heavy atom. The Hall–Kier alpha value is -0.270. The molecule has 0 bridgehead atoms. The molecule has 17 heavy (non-hydrogen) atoms. The Balaban J connectivity index is 2.90. The summed E-state index contributed by atoms with van der Waals surface area (Å²) in [7, 11) is 1.91. The summed E-state index contributed by atoms with van der Waals surface area (Å²) in [6, 6.07) is 0. The lowest BCUT2D eigenvalue weighted by molar-refractivity contribution is -0.137. The number of alkyl halides is 1. The minimum Gasteiger partial charge on any atom is -0.382 e. The molecule has 1 rings (SSSR count). The fourth-order valence-corrected chi connectivity index (χ4v) is 2.35. The highest BCUT2D eigenvalue weighted by Crippen LogP contribution is 2.43. The van der Waals surface area contributed by atoms with E-state index in [9.17, 15) is 14.3 Å². The fourth-order valence-electron chi connectivity index (χ4n) is 2.01. The largest absolute Gasteiger partial charge is 0.382 e. The van der Waals surface area contributed by atoms with E-state index < -0.39 is 16.8 Å². The van der Waals surface area contributed by atoms with Crippen molar-refractivity contribution in [1.29, 1.82) is 0 Å². The zero-order valence-corrected chi connectivity index (χ0v) is 11.9. The van der Waals surface area contributed by atoms with Crippen LogP contribution in [0.5, 0.6) is 0 Å². The third kappa shape index (κ3) is 3.35. The predicted molar refractivity (Wildman–Crippen MR) is 70.6 cm³/mol. The summed E-state index contributed by atoms with van der Waals surface area (Å²) in [5.74, 6) is -0.552. The van der Waals surface area contributed by atoms with Crippen LogP contribution in [0.1, 0.15) is 46.5 Å². The van der Waals surface area contributed by atoms with Crippen LogP contribution >= 0.6 is 9.24 Å². The van der Waals surface area contributed by atoms with Gasteiger partial charge in [0.1, 0.15) is 5.60 Å². The number of allylic oxidation sites excluding steroid dienone is 1. The number of ketones is 1. The van der Waals surface area contributed by atoms with Gasteiger partial charge in [-0.15, -0.1) is 0 Å². The van der Waals surface area contributed by atoms with Crippen LogP contribution in [0.4, 0.5) is 4.39 Å². The van der Waals surface area contributed by atoms with Gasteiger partial charge in [0.05, 0.1) is 0 Å². The van der Waals surface area contributed by atoms with Gasteiger partial charge in [0, 0.05) is 6.42 Å². The molecule has 1 aliphatic carbocycles. The van der Waals surface area contributed by atoms with Gasteiger partial charge in [-0.1, -0.05) is 42.2 Å². The normalized spacial score (nSPS) is 28.8. The molecule has 2 nitrogen and oxygen atoms in total. The number of halogens is 1. The van der Waals surface area contributed by atoms with Crippen molar-refractivity contribution >= 4 is 15.0 Å². The van der Waals surface area contributed by atoms with Crippen molar-refractivity contribution in [1.82, 2.24) is 0 Å². The summed E-state index contributed by atoms with van der Waals surface area (Å²) in [4.78, 5) is 12.0. The standard InChI is InChI=1S/C13H22FO2P/c1-11(2,3)9-10(15)13(14,17)12(16)7-5-4-6-8-12/h5,7,16H,4,6,8-9,17H2,1-3H3. The molecule has 0 aromatic rings. The molecular formula is C13H22FO2P. The molecular weight excluding hydrogens is 238 g/mol. The minimum absolute atomic E-state index is 0.114. The van der Waals surface area contributed by atoms with Crippen LogP contribution in [-0.2, 0) is 4.79 Å². The number of carbonyl (C=O) groups is 1. The second-order valence-corrected chi connectivity index (χ2v) is 6.89. The molecule has 0 saturated heterocycles. The quantitative estimate of drug-likeness (QED) is 0.625. The Morgan fingerprint density at radius 1 is 1.53 bits per heavy atom. The SMILES string of the molecule is CC(C)(C)CC(=O)C(F)(P)C1(O)C=CCCC1. The lowest BCUT2D eigenvalue weighted by Gasteiger charge is -2.38. The van der Waals surface area contributed by atoms with Gasteiger partial charge in [-0.05, 0) is 24.7 Å². The number of rotatable bonds is 3. The molecule has 0 heterocycles. The summed E-state index contributed by atoms with van der Waals surface area (Å²) >= 11 is 0. The van der Waals surface area contributed by atoms with Crippen LogP contribution in [0, 0.1) is 5.41 Å². The molecule has 0 aliphatic heterocycles. The minimum atomic E-state index is -2.28. The van der Waals surface area contributed by atoms with Crippen molar-refractivity contribution in [3.63, 3.8) is 0 Å². The van der Waals surface area contributed by atoms with Crippen molar-refractivity contribution < 1.29 is 14.3 Å². The molecule has 98 valence electrons. The Bertz CT molecular complexity index is 331. The van der Waals surface area contributed by atoms with Crippen LogP contribution in [0.3, 0.4) is 0 Å². The number of Topliss-reactive ketones (excluding diaryl/α,β-unsaturated/α-hetero) is 1.